The number of rotatable bonds is 9. The third-order valence-electron chi connectivity index (χ3n) is 6.23. The van der Waals surface area contributed by atoms with Gasteiger partial charge in [0, 0.05) is 6.07 Å². The summed E-state index contributed by atoms with van der Waals surface area (Å²) >= 11 is 0. The number of nitrogens with zero attached hydrogens (tertiary/aromatic N) is 6. The molecule has 0 atom stereocenters. The summed E-state index contributed by atoms with van der Waals surface area (Å²) in [4.78, 5) is -1.55. The molecule has 0 saturated heterocycles. The van der Waals surface area contributed by atoms with Gasteiger partial charge in [0.1, 0.15) is 16.3 Å². The van der Waals surface area contributed by atoms with E-state index in [1.54, 1.807) is 49.4 Å². The lowest BCUT2D eigenvalue weighted by atomic mass is 10.1. The third kappa shape index (κ3) is 7.73. The molecule has 228 valence electrons. The Hall–Kier alpha value is -4.90. The number of hydrogen-bond acceptors (Lipinski definition) is 12. The van der Waals surface area contributed by atoms with Gasteiger partial charge in [-0.1, -0.05) is 0 Å². The van der Waals surface area contributed by atoms with Crippen molar-refractivity contribution in [3.05, 3.63) is 83.4 Å². The zero-order valence-electron chi connectivity index (χ0n) is 23.9. The minimum absolute atomic E-state index is 0.329. The molecule has 4 aromatic carbocycles. The van der Waals surface area contributed by atoms with Crippen molar-refractivity contribution in [2.75, 3.05) is 12.8 Å². The third-order valence-corrected chi connectivity index (χ3v) is 7.96. The van der Waals surface area contributed by atoms with E-state index in [1.165, 1.54) is 7.11 Å². The molecule has 16 heteroatoms. The molecule has 0 aliphatic carbocycles. The molecule has 4 aromatic rings. The minimum atomic E-state index is -4.88. The predicted molar refractivity (Wildman–Crippen MR) is 163 cm³/mol. The number of anilines is 1. The largest absolute Gasteiger partial charge is 0.495 e. The fourth-order valence-corrected chi connectivity index (χ4v) is 5.12. The molecule has 44 heavy (non-hydrogen) atoms. The van der Waals surface area contributed by atoms with Gasteiger partial charge in [0.15, 0.2) is 0 Å². The van der Waals surface area contributed by atoms with Crippen LogP contribution in [0.2, 0.25) is 0 Å². The van der Waals surface area contributed by atoms with Gasteiger partial charge in [-0.15, -0.1) is 5.11 Å². The van der Waals surface area contributed by atoms with E-state index in [-0.39, 0.29) is 5.69 Å². The molecule has 14 nitrogen and oxygen atoms in total. The first-order chi connectivity index (χ1) is 20.7. The predicted octanol–water partition coefficient (Wildman–Crippen LogP) is 7.94. The molecule has 0 aromatic heterocycles. The van der Waals surface area contributed by atoms with E-state index in [0.717, 1.165) is 23.3 Å². The standard InChI is InChI=1S/C28H27N7O7S2/c1-16-11-20(31-35-26-15-27(42-4)22(29)13-18(26)3)5-8-23(16)32-30-19-6-9-24(17(2)12-19)33-34-25-10-7-21(43(36,37)38)14-28(25)44(39,40)41/h5-15H,29H2,1-4H3,(H,36,37,38)(H,39,40,41). The summed E-state index contributed by atoms with van der Waals surface area (Å²) < 4.78 is 70.2. The molecule has 0 aliphatic heterocycles. The zero-order chi connectivity index (χ0) is 32.2. The second-order valence-electron chi connectivity index (χ2n) is 9.50. The van der Waals surface area contributed by atoms with E-state index < -0.39 is 30.0 Å². The first kappa shape index (κ1) is 32.0. The average molecular weight is 638 g/mol. The van der Waals surface area contributed by atoms with Gasteiger partial charge in [-0.05, 0) is 98.1 Å². The molecule has 0 radical (unpaired) electrons. The number of nitrogen functional groups attached to an aromatic ring is 1. The van der Waals surface area contributed by atoms with Gasteiger partial charge in [0.25, 0.3) is 20.2 Å². The van der Waals surface area contributed by atoms with Gasteiger partial charge in [-0.2, -0.15) is 42.4 Å². The fourth-order valence-electron chi connectivity index (χ4n) is 3.89. The lowest BCUT2D eigenvalue weighted by Gasteiger charge is -2.07. The first-order valence-electron chi connectivity index (χ1n) is 12.7. The Balaban J connectivity index is 1.51. The monoisotopic (exact) mass is 637 g/mol. The number of benzene rings is 4. The van der Waals surface area contributed by atoms with E-state index in [1.807, 2.05) is 19.9 Å². The van der Waals surface area contributed by atoms with Crippen LogP contribution in [0.25, 0.3) is 0 Å². The van der Waals surface area contributed by atoms with Gasteiger partial charge < -0.3 is 10.5 Å². The first-order valence-corrected chi connectivity index (χ1v) is 15.5. The second-order valence-corrected chi connectivity index (χ2v) is 12.3. The fraction of sp³-hybridized carbons (Fsp3) is 0.143. The summed E-state index contributed by atoms with van der Waals surface area (Å²) in [7, 11) is -8.06. The van der Waals surface area contributed by atoms with E-state index in [4.69, 9.17) is 10.5 Å². The minimum Gasteiger partial charge on any atom is -0.495 e. The van der Waals surface area contributed by atoms with Crippen molar-refractivity contribution in [2.24, 2.45) is 30.7 Å². The maximum Gasteiger partial charge on any atom is 0.296 e. The SMILES string of the molecule is COc1cc(N=Nc2ccc(N=Nc3ccc(N=Nc4ccc(S(=O)(=O)O)cc4S(=O)(=O)O)c(C)c3)c(C)c2)c(C)cc1N. The second kappa shape index (κ2) is 12.8. The molecule has 4 rings (SSSR count). The van der Waals surface area contributed by atoms with Crippen LogP contribution in [0.5, 0.6) is 5.75 Å². The summed E-state index contributed by atoms with van der Waals surface area (Å²) in [6.45, 7) is 5.47. The Morgan fingerprint density at radius 2 is 1.07 bits per heavy atom. The number of azo groups is 3. The molecular formula is C28H27N7O7S2. The Kier molecular flexibility index (Phi) is 9.29. The van der Waals surface area contributed by atoms with Crippen molar-refractivity contribution in [3.8, 4) is 5.75 Å². The molecule has 0 spiro atoms. The van der Waals surface area contributed by atoms with Crippen molar-refractivity contribution < 1.29 is 30.7 Å². The smallest absolute Gasteiger partial charge is 0.296 e. The van der Waals surface area contributed by atoms with Crippen molar-refractivity contribution in [3.63, 3.8) is 0 Å². The van der Waals surface area contributed by atoms with Crippen LogP contribution in [0.15, 0.2) is 107 Å². The summed E-state index contributed by atoms with van der Waals surface area (Å²) in [5.41, 5.74) is 11.1. The van der Waals surface area contributed by atoms with Crippen LogP contribution in [0.3, 0.4) is 0 Å². The summed E-state index contributed by atoms with van der Waals surface area (Å²) in [6.07, 6.45) is 0. The van der Waals surface area contributed by atoms with Crippen LogP contribution in [0.1, 0.15) is 16.7 Å². The molecule has 0 amide bonds. The maximum absolute atomic E-state index is 11.8. The Morgan fingerprint density at radius 3 is 1.57 bits per heavy atom. The molecule has 4 N–H and O–H groups in total. The Labute approximate surface area is 253 Å². The number of methoxy groups -OCH3 is 1. The van der Waals surface area contributed by atoms with Crippen LogP contribution in [0.4, 0.5) is 39.8 Å². The Bertz CT molecular complexity index is 2060. The molecule has 0 bridgehead atoms. The van der Waals surface area contributed by atoms with Crippen LogP contribution < -0.4 is 10.5 Å². The number of nitrogens with two attached hydrogens (primary N) is 1. The summed E-state index contributed by atoms with van der Waals surface area (Å²) in [5.74, 6) is 0.516. The highest BCUT2D eigenvalue weighted by molar-refractivity contribution is 7.86. The molecule has 0 saturated carbocycles. The van der Waals surface area contributed by atoms with Gasteiger partial charge in [0.2, 0.25) is 0 Å². The van der Waals surface area contributed by atoms with Gasteiger partial charge in [-0.3, -0.25) is 9.11 Å². The van der Waals surface area contributed by atoms with Crippen LogP contribution in [-0.4, -0.2) is 33.1 Å². The molecule has 0 aliphatic rings. The maximum atomic E-state index is 11.8. The molecular weight excluding hydrogens is 610 g/mol. The van der Waals surface area contributed by atoms with Gasteiger partial charge >= 0.3 is 0 Å². The lowest BCUT2D eigenvalue weighted by molar-refractivity contribution is 0.417. The molecule has 0 unspecified atom stereocenters. The molecule has 0 heterocycles. The lowest BCUT2D eigenvalue weighted by Crippen LogP contribution is -2.03. The number of ether oxygens (including phenoxy) is 1. The highest BCUT2D eigenvalue weighted by Gasteiger charge is 2.20. The van der Waals surface area contributed by atoms with Crippen molar-refractivity contribution in [2.45, 2.75) is 30.6 Å². The quantitative estimate of drug-likeness (QED) is 0.0926. The average Bonchev–Trinajstić information content (AvgIpc) is 2.94. The van der Waals surface area contributed by atoms with Crippen LogP contribution >= 0.6 is 0 Å². The highest BCUT2D eigenvalue weighted by Crippen LogP contribution is 2.34. The van der Waals surface area contributed by atoms with Crippen molar-refractivity contribution >= 4 is 60.0 Å². The number of aryl methyl sites for hydroxylation is 3. The highest BCUT2D eigenvalue weighted by atomic mass is 32.2. The van der Waals surface area contributed by atoms with Crippen LogP contribution in [-0.2, 0) is 20.2 Å². The van der Waals surface area contributed by atoms with Crippen molar-refractivity contribution in [1.29, 1.82) is 0 Å². The van der Waals surface area contributed by atoms with Gasteiger partial charge in [-0.25, -0.2) is 0 Å². The van der Waals surface area contributed by atoms with Crippen LogP contribution in [0, 0.1) is 20.8 Å². The zero-order valence-corrected chi connectivity index (χ0v) is 25.5. The molecule has 0 fully saturated rings. The summed E-state index contributed by atoms with van der Waals surface area (Å²) in [6, 6.07) is 16.2. The van der Waals surface area contributed by atoms with E-state index in [9.17, 15) is 25.9 Å². The van der Waals surface area contributed by atoms with Gasteiger partial charge in [0.05, 0.1) is 46.1 Å². The topological polar surface area (TPSA) is 218 Å². The van der Waals surface area contributed by atoms with E-state index in [0.29, 0.717) is 51.5 Å². The Morgan fingerprint density at radius 1 is 0.591 bits per heavy atom. The number of hydrogen-bond donors (Lipinski definition) is 3. The van der Waals surface area contributed by atoms with E-state index in [2.05, 4.69) is 30.7 Å². The van der Waals surface area contributed by atoms with Crippen molar-refractivity contribution in [1.82, 2.24) is 0 Å². The van der Waals surface area contributed by atoms with E-state index >= 15 is 0 Å². The normalized spacial score (nSPS) is 12.5. The summed E-state index contributed by atoms with van der Waals surface area (Å²) in [5, 5.41) is 25.1.